The van der Waals surface area contributed by atoms with Crippen LogP contribution in [0.2, 0.25) is 0 Å². The van der Waals surface area contributed by atoms with Crippen LogP contribution >= 0.6 is 0 Å². The largest absolute Gasteiger partial charge is 0.382 e. The Bertz CT molecular complexity index is 1660. The molecule has 0 atom stereocenters. The summed E-state index contributed by atoms with van der Waals surface area (Å²) in [5.41, 5.74) is 10.7. The predicted molar refractivity (Wildman–Crippen MR) is 128 cm³/mol. The lowest BCUT2D eigenvalue weighted by Gasteiger charge is -2.07. The van der Waals surface area contributed by atoms with E-state index in [1.165, 1.54) is 4.68 Å². The lowest BCUT2D eigenvalue weighted by molar-refractivity contribution is 0.597. The molecule has 2 aromatic carbocycles. The van der Waals surface area contributed by atoms with Gasteiger partial charge in [0.1, 0.15) is 16.2 Å². The zero-order chi connectivity index (χ0) is 23.2. The van der Waals surface area contributed by atoms with Crippen molar-refractivity contribution in [2.45, 2.75) is 23.6 Å². The van der Waals surface area contributed by atoms with Crippen molar-refractivity contribution in [2.75, 3.05) is 5.73 Å². The van der Waals surface area contributed by atoms with E-state index in [2.05, 4.69) is 20.1 Å². The summed E-state index contributed by atoms with van der Waals surface area (Å²) < 4.78 is 28.8. The number of rotatable bonds is 4. The number of sulfone groups is 1. The molecular weight excluding hydrogens is 436 g/mol. The van der Waals surface area contributed by atoms with E-state index in [1.807, 2.05) is 26.0 Å². The average molecular weight is 457 g/mol. The van der Waals surface area contributed by atoms with Crippen molar-refractivity contribution in [1.29, 1.82) is 0 Å². The Morgan fingerprint density at radius 1 is 0.939 bits per heavy atom. The van der Waals surface area contributed by atoms with E-state index in [4.69, 9.17) is 5.73 Å². The second kappa shape index (κ2) is 7.79. The molecule has 5 rings (SSSR count). The van der Waals surface area contributed by atoms with Crippen LogP contribution in [-0.4, -0.2) is 34.3 Å². The fourth-order valence-corrected chi connectivity index (χ4v) is 5.15. The number of nitrogens with zero attached hydrogens (tertiary/aromatic N) is 5. The normalized spacial score (nSPS) is 12.2. The Balaban J connectivity index is 1.81. The highest BCUT2D eigenvalue weighted by atomic mass is 32.2. The van der Waals surface area contributed by atoms with Gasteiger partial charge in [0.15, 0.2) is 5.65 Å². The molecule has 5 aromatic rings. The summed E-state index contributed by atoms with van der Waals surface area (Å²) in [5, 5.41) is 4.44. The van der Waals surface area contributed by atoms with Gasteiger partial charge in [-0.15, -0.1) is 0 Å². The molecule has 0 fully saturated rings. The number of hydrogen-bond donors (Lipinski definition) is 1. The average Bonchev–Trinajstić information content (AvgIpc) is 3.09. The lowest BCUT2D eigenvalue weighted by atomic mass is 10.1. The Kier molecular flexibility index (Phi) is 4.90. The number of pyridine rings is 1. The highest BCUT2D eigenvalue weighted by Crippen LogP contribution is 2.35. The molecule has 0 aliphatic heterocycles. The van der Waals surface area contributed by atoms with Gasteiger partial charge in [-0.2, -0.15) is 9.78 Å². The Morgan fingerprint density at radius 3 is 2.33 bits per heavy atom. The fourth-order valence-electron chi connectivity index (χ4n) is 3.58. The van der Waals surface area contributed by atoms with Crippen LogP contribution < -0.4 is 5.73 Å². The summed E-state index contributed by atoms with van der Waals surface area (Å²) in [4.78, 5) is 13.3. The van der Waals surface area contributed by atoms with Crippen LogP contribution in [0.5, 0.6) is 0 Å². The molecule has 0 radical (unpaired) electrons. The summed E-state index contributed by atoms with van der Waals surface area (Å²) in [6.45, 7) is 3.80. The highest BCUT2D eigenvalue weighted by molar-refractivity contribution is 7.92. The maximum atomic E-state index is 13.7. The molecule has 0 saturated carbocycles. The molecule has 33 heavy (non-hydrogen) atoms. The van der Waals surface area contributed by atoms with E-state index in [0.717, 1.165) is 16.7 Å². The van der Waals surface area contributed by atoms with Crippen molar-refractivity contribution < 1.29 is 8.42 Å². The molecule has 3 aromatic heterocycles. The number of nitrogen functional groups attached to an aromatic ring is 1. The number of benzene rings is 2. The number of anilines is 1. The first-order chi connectivity index (χ1) is 15.9. The molecule has 0 unspecified atom stereocenters. The summed E-state index contributed by atoms with van der Waals surface area (Å²) in [6.07, 6.45) is 4.85. The SMILES string of the molecule is Cc1ccc(S(=O)(=O)c2c(N)n(/N=C/c3ccncc3)c3nc4ccccc4nc23)cc1C. The first-order valence-electron chi connectivity index (χ1n) is 10.2. The molecule has 8 nitrogen and oxygen atoms in total. The van der Waals surface area contributed by atoms with Crippen LogP contribution in [-0.2, 0) is 9.84 Å². The number of aryl methyl sites for hydroxylation is 2. The minimum absolute atomic E-state index is 0.0520. The van der Waals surface area contributed by atoms with E-state index in [0.29, 0.717) is 11.0 Å². The summed E-state index contributed by atoms with van der Waals surface area (Å²) >= 11 is 0. The number of nitrogens with two attached hydrogens (primary N) is 1. The first kappa shape index (κ1) is 20.8. The Hall–Kier alpha value is -4.11. The minimum atomic E-state index is -4.00. The maximum Gasteiger partial charge on any atom is 0.212 e. The van der Waals surface area contributed by atoms with Gasteiger partial charge < -0.3 is 5.73 Å². The van der Waals surface area contributed by atoms with Gasteiger partial charge in [-0.1, -0.05) is 18.2 Å². The van der Waals surface area contributed by atoms with Gasteiger partial charge in [0.05, 0.1) is 22.1 Å². The van der Waals surface area contributed by atoms with E-state index >= 15 is 0 Å². The zero-order valence-electron chi connectivity index (χ0n) is 18.0. The number of fused-ring (bicyclic) bond motifs is 2. The number of para-hydroxylation sites is 2. The van der Waals surface area contributed by atoms with Crippen molar-refractivity contribution in [3.63, 3.8) is 0 Å². The fraction of sp³-hybridized carbons (Fsp3) is 0.0833. The summed E-state index contributed by atoms with van der Waals surface area (Å²) in [6, 6.07) is 15.8. The molecule has 0 aliphatic carbocycles. The molecule has 0 bridgehead atoms. The van der Waals surface area contributed by atoms with Crippen LogP contribution in [0.25, 0.3) is 22.2 Å². The van der Waals surface area contributed by atoms with Crippen LogP contribution in [0.3, 0.4) is 0 Å². The first-order valence-corrected chi connectivity index (χ1v) is 11.7. The van der Waals surface area contributed by atoms with Crippen molar-refractivity contribution in [3.05, 3.63) is 83.7 Å². The monoisotopic (exact) mass is 456 g/mol. The smallest absolute Gasteiger partial charge is 0.212 e. The predicted octanol–water partition coefficient (Wildman–Crippen LogP) is 3.89. The van der Waals surface area contributed by atoms with Crippen LogP contribution in [0.1, 0.15) is 16.7 Å². The van der Waals surface area contributed by atoms with Crippen molar-refractivity contribution in [2.24, 2.45) is 5.10 Å². The number of aromatic nitrogens is 4. The van der Waals surface area contributed by atoms with Gasteiger partial charge in [0.2, 0.25) is 9.84 Å². The molecule has 0 spiro atoms. The van der Waals surface area contributed by atoms with Gasteiger partial charge in [-0.25, -0.2) is 18.4 Å². The van der Waals surface area contributed by atoms with Crippen LogP contribution in [0.15, 0.2) is 81.9 Å². The highest BCUT2D eigenvalue weighted by Gasteiger charge is 2.30. The third-order valence-electron chi connectivity index (χ3n) is 5.51. The molecule has 2 N–H and O–H groups in total. The molecule has 0 amide bonds. The zero-order valence-corrected chi connectivity index (χ0v) is 18.8. The minimum Gasteiger partial charge on any atom is -0.382 e. The molecule has 0 saturated heterocycles. The quantitative estimate of drug-likeness (QED) is 0.410. The second-order valence-electron chi connectivity index (χ2n) is 7.69. The van der Waals surface area contributed by atoms with Gasteiger partial charge in [0, 0.05) is 12.4 Å². The van der Waals surface area contributed by atoms with Gasteiger partial charge in [0.25, 0.3) is 0 Å². The van der Waals surface area contributed by atoms with Gasteiger partial charge in [-0.05, 0) is 66.9 Å². The standard InChI is InChI=1S/C24H20N6O2S/c1-15-7-8-18(13-16(15)2)33(31,32)22-21-24(29-20-6-4-3-5-19(20)28-21)30(23(22)25)27-14-17-9-11-26-12-10-17/h3-14H,25H2,1-2H3/b27-14+. The summed E-state index contributed by atoms with van der Waals surface area (Å²) in [5.74, 6) is -0.0520. The third kappa shape index (κ3) is 3.52. The van der Waals surface area contributed by atoms with Crippen molar-refractivity contribution in [1.82, 2.24) is 19.6 Å². The van der Waals surface area contributed by atoms with Crippen LogP contribution in [0, 0.1) is 13.8 Å². The molecule has 3 heterocycles. The number of hydrogen-bond acceptors (Lipinski definition) is 7. The Labute approximate surface area is 190 Å². The summed E-state index contributed by atoms with van der Waals surface area (Å²) in [7, 11) is -4.00. The van der Waals surface area contributed by atoms with Crippen molar-refractivity contribution in [3.8, 4) is 0 Å². The van der Waals surface area contributed by atoms with Gasteiger partial charge >= 0.3 is 0 Å². The lowest BCUT2D eigenvalue weighted by Crippen LogP contribution is -2.07. The molecule has 0 aliphatic rings. The van der Waals surface area contributed by atoms with Gasteiger partial charge in [-0.3, -0.25) is 4.98 Å². The van der Waals surface area contributed by atoms with E-state index in [1.54, 1.807) is 61.1 Å². The second-order valence-corrected chi connectivity index (χ2v) is 9.57. The van der Waals surface area contributed by atoms with E-state index in [9.17, 15) is 8.42 Å². The van der Waals surface area contributed by atoms with Crippen LogP contribution in [0.4, 0.5) is 5.82 Å². The third-order valence-corrected chi connectivity index (χ3v) is 7.33. The van der Waals surface area contributed by atoms with E-state index < -0.39 is 9.84 Å². The van der Waals surface area contributed by atoms with E-state index in [-0.39, 0.29) is 26.8 Å². The topological polar surface area (TPSA) is 116 Å². The maximum absolute atomic E-state index is 13.7. The van der Waals surface area contributed by atoms with Crippen molar-refractivity contribution >= 4 is 44.1 Å². The molecule has 164 valence electrons. The molecule has 9 heteroatoms. The Morgan fingerprint density at radius 2 is 1.64 bits per heavy atom. The molecular formula is C24H20N6O2S.